The topological polar surface area (TPSA) is 139 Å². The molecule has 0 atom stereocenters. The Morgan fingerprint density at radius 2 is 1.67 bits per heavy atom. The van der Waals surface area contributed by atoms with E-state index in [1.807, 2.05) is 30.3 Å². The van der Waals surface area contributed by atoms with Gasteiger partial charge >= 0.3 is 0 Å². The molecule has 1 saturated heterocycles. The van der Waals surface area contributed by atoms with Gasteiger partial charge in [-0.1, -0.05) is 30.0 Å². The third-order valence-corrected chi connectivity index (χ3v) is 9.67. The first-order chi connectivity index (χ1) is 15.8. The zero-order valence-electron chi connectivity index (χ0n) is 17.8. The molecule has 0 unspecified atom stereocenters. The normalized spacial score (nSPS) is 15.5. The number of nitrogens with two attached hydrogens (primary N) is 1. The van der Waals surface area contributed by atoms with Crippen LogP contribution in [0.1, 0.15) is 12.8 Å². The molecule has 2 amide bonds. The second-order valence-electron chi connectivity index (χ2n) is 7.29. The maximum Gasteiger partial charge on any atom is 0.276 e. The minimum absolute atomic E-state index is 0.0401. The highest BCUT2D eigenvalue weighted by Gasteiger charge is 2.51. The van der Waals surface area contributed by atoms with Crippen LogP contribution in [-0.4, -0.2) is 55.5 Å². The molecular formula is C22H25N3O5S3. The van der Waals surface area contributed by atoms with Crippen LogP contribution in [0.4, 0.5) is 0 Å². The Hall–Kier alpha value is -2.34. The first-order valence-electron chi connectivity index (χ1n) is 10.2. The van der Waals surface area contributed by atoms with Gasteiger partial charge in [0.05, 0.1) is 4.90 Å². The number of thioether (sulfide) groups is 2. The largest absolute Gasteiger partial charge is 0.381 e. The van der Waals surface area contributed by atoms with Crippen molar-refractivity contribution in [2.45, 2.75) is 32.3 Å². The molecule has 0 aliphatic carbocycles. The third-order valence-electron chi connectivity index (χ3n) is 5.22. The summed E-state index contributed by atoms with van der Waals surface area (Å²) in [7, 11) is -3.96. The van der Waals surface area contributed by atoms with Gasteiger partial charge in [0.15, 0.2) is 19.6 Å². The van der Waals surface area contributed by atoms with Crippen LogP contribution in [0.25, 0.3) is 0 Å². The molecule has 1 aliphatic rings. The van der Waals surface area contributed by atoms with Crippen molar-refractivity contribution in [3.63, 3.8) is 0 Å². The van der Waals surface area contributed by atoms with E-state index in [2.05, 4.69) is 5.32 Å². The fraction of sp³-hybridized carbons (Fsp3) is 0.318. The van der Waals surface area contributed by atoms with E-state index in [4.69, 9.17) is 15.9 Å². The zero-order valence-corrected chi connectivity index (χ0v) is 20.2. The molecule has 0 saturated carbocycles. The predicted octanol–water partition coefficient (Wildman–Crippen LogP) is 2.47. The van der Waals surface area contributed by atoms with Gasteiger partial charge in [0.1, 0.15) is 0 Å². The van der Waals surface area contributed by atoms with Crippen molar-refractivity contribution in [1.82, 2.24) is 5.32 Å². The molecule has 8 nitrogen and oxygen atoms in total. The number of benzene rings is 2. The molecule has 0 bridgehead atoms. The standard InChI is InChI=1S/C22H25N3O5S3/c23-19(32-17-4-2-1-3-5-17)20(26)25-12-15-31-16-6-8-18(9-7-16)33(28,29)22(21(24)27)10-13-30-14-11-22/h1-9,23H,10-15H2,(H2,24,27)(H,25,26). The van der Waals surface area contributed by atoms with Gasteiger partial charge < -0.3 is 15.8 Å². The Bertz CT molecular complexity index is 1100. The van der Waals surface area contributed by atoms with Gasteiger partial charge in [-0.3, -0.25) is 15.0 Å². The van der Waals surface area contributed by atoms with E-state index in [1.165, 1.54) is 23.9 Å². The van der Waals surface area contributed by atoms with Gasteiger partial charge in [-0.25, -0.2) is 8.42 Å². The lowest BCUT2D eigenvalue weighted by Gasteiger charge is -2.33. The molecule has 0 spiro atoms. The highest BCUT2D eigenvalue weighted by atomic mass is 32.2. The van der Waals surface area contributed by atoms with Gasteiger partial charge in [0.2, 0.25) is 5.91 Å². The second kappa shape index (κ2) is 11.2. The third kappa shape index (κ3) is 5.97. The molecule has 0 radical (unpaired) electrons. The summed E-state index contributed by atoms with van der Waals surface area (Å²) in [6.45, 7) is 0.693. The molecule has 1 fully saturated rings. The number of ether oxygens (including phenoxy) is 1. The van der Waals surface area contributed by atoms with Gasteiger partial charge in [-0.05, 0) is 49.2 Å². The molecular weight excluding hydrogens is 482 g/mol. The van der Waals surface area contributed by atoms with E-state index in [1.54, 1.807) is 12.1 Å². The Kier molecular flexibility index (Phi) is 8.57. The molecule has 2 aromatic rings. The average Bonchev–Trinajstić information content (AvgIpc) is 2.83. The molecule has 33 heavy (non-hydrogen) atoms. The van der Waals surface area contributed by atoms with Crippen molar-refractivity contribution < 1.29 is 22.7 Å². The maximum absolute atomic E-state index is 13.2. The molecule has 1 heterocycles. The average molecular weight is 508 g/mol. The van der Waals surface area contributed by atoms with Gasteiger partial charge in [-0.2, -0.15) is 0 Å². The lowest BCUT2D eigenvalue weighted by Crippen LogP contribution is -2.53. The van der Waals surface area contributed by atoms with Gasteiger partial charge in [0.25, 0.3) is 5.91 Å². The van der Waals surface area contributed by atoms with E-state index < -0.39 is 26.4 Å². The van der Waals surface area contributed by atoms with E-state index in [0.29, 0.717) is 12.3 Å². The summed E-state index contributed by atoms with van der Waals surface area (Å²) in [5, 5.41) is 10.5. The minimum Gasteiger partial charge on any atom is -0.381 e. The molecule has 11 heteroatoms. The van der Waals surface area contributed by atoms with Crippen LogP contribution in [0, 0.1) is 5.41 Å². The number of nitrogens with one attached hydrogen (secondary N) is 2. The number of hydrogen-bond donors (Lipinski definition) is 3. The number of rotatable bonds is 8. The molecule has 4 N–H and O–H groups in total. The van der Waals surface area contributed by atoms with Crippen molar-refractivity contribution in [2.24, 2.45) is 5.73 Å². The predicted molar refractivity (Wildman–Crippen MR) is 129 cm³/mol. The first kappa shape index (κ1) is 25.3. The first-order valence-corrected chi connectivity index (χ1v) is 13.5. The fourth-order valence-electron chi connectivity index (χ4n) is 3.36. The lowest BCUT2D eigenvalue weighted by molar-refractivity contribution is -0.122. The van der Waals surface area contributed by atoms with Crippen LogP contribution >= 0.6 is 23.5 Å². The van der Waals surface area contributed by atoms with Crippen LogP contribution in [0.5, 0.6) is 0 Å². The van der Waals surface area contributed by atoms with Crippen molar-refractivity contribution in [3.05, 3.63) is 54.6 Å². The summed E-state index contributed by atoms with van der Waals surface area (Å²) < 4.78 is 29.9. The monoisotopic (exact) mass is 507 g/mol. The zero-order chi connectivity index (χ0) is 23.9. The van der Waals surface area contributed by atoms with E-state index >= 15 is 0 Å². The Morgan fingerprint density at radius 3 is 2.27 bits per heavy atom. The highest BCUT2D eigenvalue weighted by molar-refractivity contribution is 8.15. The molecule has 1 aliphatic heterocycles. The highest BCUT2D eigenvalue weighted by Crippen LogP contribution is 2.35. The quantitative estimate of drug-likeness (QED) is 0.216. The van der Waals surface area contributed by atoms with Crippen molar-refractivity contribution in [2.75, 3.05) is 25.5 Å². The summed E-state index contributed by atoms with van der Waals surface area (Å²) in [5.74, 6) is -0.751. The molecule has 0 aromatic heterocycles. The smallest absolute Gasteiger partial charge is 0.276 e. The van der Waals surface area contributed by atoms with Crippen LogP contribution in [0.3, 0.4) is 0 Å². The lowest BCUT2D eigenvalue weighted by atomic mass is 9.98. The van der Waals surface area contributed by atoms with Crippen LogP contribution in [0.2, 0.25) is 0 Å². The van der Waals surface area contributed by atoms with Crippen LogP contribution in [0.15, 0.2) is 69.3 Å². The Balaban J connectivity index is 1.52. The summed E-state index contributed by atoms with van der Waals surface area (Å²) in [6.07, 6.45) is 0.0802. The number of amides is 2. The number of carbonyl (C=O) groups excluding carboxylic acids is 2. The van der Waals surface area contributed by atoms with Gasteiger partial charge in [0, 0.05) is 35.3 Å². The second-order valence-corrected chi connectivity index (χ2v) is 11.8. The number of primary amides is 1. The summed E-state index contributed by atoms with van der Waals surface area (Å²) in [6, 6.07) is 15.5. The number of sulfone groups is 1. The molecule has 176 valence electrons. The summed E-state index contributed by atoms with van der Waals surface area (Å²) in [4.78, 5) is 25.8. The Morgan fingerprint density at radius 1 is 1.03 bits per heavy atom. The van der Waals surface area contributed by atoms with Crippen LogP contribution in [-0.2, 0) is 24.2 Å². The fourth-order valence-corrected chi connectivity index (χ4v) is 6.73. The van der Waals surface area contributed by atoms with Gasteiger partial charge in [-0.15, -0.1) is 11.8 Å². The van der Waals surface area contributed by atoms with E-state index in [-0.39, 0.29) is 36.0 Å². The SMILES string of the molecule is N=C(Sc1ccccc1)C(=O)NCCSc1ccc(S(=O)(=O)C2(C(N)=O)CCOCC2)cc1. The number of carbonyl (C=O) groups is 2. The van der Waals surface area contributed by atoms with Crippen molar-refractivity contribution >= 4 is 50.2 Å². The van der Waals surface area contributed by atoms with Crippen molar-refractivity contribution in [3.8, 4) is 0 Å². The maximum atomic E-state index is 13.2. The summed E-state index contributed by atoms with van der Waals surface area (Å²) in [5.41, 5.74) is 5.50. The molecule has 2 aromatic carbocycles. The van der Waals surface area contributed by atoms with E-state index in [0.717, 1.165) is 21.6 Å². The number of hydrogen-bond acceptors (Lipinski definition) is 8. The summed E-state index contributed by atoms with van der Waals surface area (Å²) >= 11 is 2.53. The minimum atomic E-state index is -3.96. The Labute approximate surface area is 201 Å². The van der Waals surface area contributed by atoms with Crippen molar-refractivity contribution in [1.29, 1.82) is 5.41 Å². The van der Waals surface area contributed by atoms with Crippen LogP contribution < -0.4 is 11.1 Å². The van der Waals surface area contributed by atoms with E-state index in [9.17, 15) is 18.0 Å². The molecule has 3 rings (SSSR count).